The number of fused-ring (bicyclic) bond motifs is 5. The van der Waals surface area contributed by atoms with Crippen molar-refractivity contribution < 1.29 is 18.7 Å². The van der Waals surface area contributed by atoms with Crippen LogP contribution in [-0.2, 0) is 5.41 Å². The Morgan fingerprint density at radius 3 is 2.71 bits per heavy atom. The Balaban J connectivity index is 1.50. The van der Waals surface area contributed by atoms with E-state index in [4.69, 9.17) is 0 Å². The number of nitrogens with zero attached hydrogens (tertiary/aromatic N) is 3. The van der Waals surface area contributed by atoms with E-state index in [0.717, 1.165) is 36.9 Å². The van der Waals surface area contributed by atoms with Crippen molar-refractivity contribution in [3.8, 4) is 11.3 Å². The zero-order valence-corrected chi connectivity index (χ0v) is 19.9. The molecule has 8 heteroatoms. The van der Waals surface area contributed by atoms with Gasteiger partial charge < -0.3 is 15.3 Å². The van der Waals surface area contributed by atoms with Crippen LogP contribution < -0.4 is 5.32 Å². The quantitative estimate of drug-likeness (QED) is 0.695. The van der Waals surface area contributed by atoms with Crippen LogP contribution in [0.5, 0.6) is 0 Å². The molecule has 34 heavy (non-hydrogen) atoms. The van der Waals surface area contributed by atoms with Crippen LogP contribution in [0.3, 0.4) is 0 Å². The standard InChI is InChI=1S/C26H32F2N4O2/c1-15(33)13-29-24(34)32-11-5-6-16(14-32)26-10-9-18(25(26,2)3)17-12-21(30-31-23(17)26)22-19(27)7-4-8-20(22)28/h4,7-8,12,15-16,18,33H,5-6,9-11,13-14H2,1-3H3,(H,29,34)/t15-,16-,18-,26-/m0/s1. The van der Waals surface area contributed by atoms with E-state index >= 15 is 0 Å². The van der Waals surface area contributed by atoms with Crippen molar-refractivity contribution in [1.29, 1.82) is 0 Å². The summed E-state index contributed by atoms with van der Waals surface area (Å²) in [5.74, 6) is -0.841. The summed E-state index contributed by atoms with van der Waals surface area (Å²) in [5.41, 5.74) is 1.72. The summed E-state index contributed by atoms with van der Waals surface area (Å²) >= 11 is 0. The SMILES string of the molecule is C[C@H](O)CNC(=O)N1CCC[C@H]([C@@]23CC[C@@H](c4cc(-c5c(F)cccc5F)nnc42)C3(C)C)C1. The van der Waals surface area contributed by atoms with Crippen molar-refractivity contribution in [2.24, 2.45) is 11.3 Å². The van der Waals surface area contributed by atoms with E-state index in [1.807, 2.05) is 11.0 Å². The van der Waals surface area contributed by atoms with E-state index in [1.54, 1.807) is 6.92 Å². The molecule has 2 aromatic rings. The van der Waals surface area contributed by atoms with Gasteiger partial charge in [-0.3, -0.25) is 0 Å². The van der Waals surface area contributed by atoms with Gasteiger partial charge >= 0.3 is 6.03 Å². The maximum atomic E-state index is 14.5. The summed E-state index contributed by atoms with van der Waals surface area (Å²) in [4.78, 5) is 14.6. The lowest BCUT2D eigenvalue weighted by molar-refractivity contribution is 0.0669. The summed E-state index contributed by atoms with van der Waals surface area (Å²) in [5, 5.41) is 21.3. The Morgan fingerprint density at radius 2 is 2.00 bits per heavy atom. The number of piperidine rings is 1. The minimum atomic E-state index is -0.641. The number of benzene rings is 1. The van der Waals surface area contributed by atoms with Crippen LogP contribution in [0.4, 0.5) is 13.6 Å². The molecule has 6 nitrogen and oxygen atoms in total. The van der Waals surface area contributed by atoms with Gasteiger partial charge in [-0.05, 0) is 73.6 Å². The second-order valence-corrected chi connectivity index (χ2v) is 10.7. The average molecular weight is 471 g/mol. The van der Waals surface area contributed by atoms with Crippen molar-refractivity contribution in [1.82, 2.24) is 20.4 Å². The molecule has 2 heterocycles. The Hall–Kier alpha value is -2.61. The Bertz CT molecular complexity index is 1100. The highest BCUT2D eigenvalue weighted by Gasteiger charge is 2.66. The number of aliphatic hydroxyl groups is 1. The first-order chi connectivity index (χ1) is 16.2. The number of carbonyl (C=O) groups is 1. The van der Waals surface area contributed by atoms with Crippen LogP contribution in [0.15, 0.2) is 24.3 Å². The van der Waals surface area contributed by atoms with Crippen molar-refractivity contribution in [3.63, 3.8) is 0 Å². The first-order valence-corrected chi connectivity index (χ1v) is 12.2. The molecule has 1 saturated carbocycles. The fourth-order valence-electron chi connectivity index (χ4n) is 7.05. The Kier molecular flexibility index (Phi) is 5.62. The van der Waals surface area contributed by atoms with E-state index < -0.39 is 17.7 Å². The van der Waals surface area contributed by atoms with Gasteiger partial charge in [0, 0.05) is 25.0 Å². The molecule has 1 saturated heterocycles. The van der Waals surface area contributed by atoms with Crippen molar-refractivity contribution in [2.75, 3.05) is 19.6 Å². The number of hydrogen-bond acceptors (Lipinski definition) is 4. The van der Waals surface area contributed by atoms with Crippen molar-refractivity contribution in [2.45, 2.75) is 63.9 Å². The molecule has 3 aliphatic rings. The molecule has 2 aliphatic carbocycles. The molecule has 0 spiro atoms. The Labute approximate surface area is 198 Å². The lowest BCUT2D eigenvalue weighted by atomic mass is 9.59. The molecule has 4 atom stereocenters. The van der Waals surface area contributed by atoms with Gasteiger partial charge in [-0.25, -0.2) is 13.6 Å². The predicted molar refractivity (Wildman–Crippen MR) is 124 cm³/mol. The highest BCUT2D eigenvalue weighted by Crippen LogP contribution is 2.70. The van der Waals surface area contributed by atoms with Gasteiger partial charge in [0.1, 0.15) is 11.6 Å². The maximum Gasteiger partial charge on any atom is 0.317 e. The maximum absolute atomic E-state index is 14.5. The van der Waals surface area contributed by atoms with Crippen LogP contribution in [0.2, 0.25) is 0 Å². The van der Waals surface area contributed by atoms with Crippen LogP contribution in [0, 0.1) is 23.0 Å². The second kappa shape index (κ2) is 8.26. The lowest BCUT2D eigenvalue weighted by Crippen LogP contribution is -2.53. The van der Waals surface area contributed by atoms with Gasteiger partial charge in [-0.1, -0.05) is 19.9 Å². The molecule has 2 amide bonds. The number of halogens is 2. The van der Waals surface area contributed by atoms with Gasteiger partial charge in [0.25, 0.3) is 0 Å². The molecule has 1 aromatic heterocycles. The van der Waals surface area contributed by atoms with E-state index in [2.05, 4.69) is 29.4 Å². The van der Waals surface area contributed by atoms with E-state index in [1.165, 1.54) is 18.2 Å². The summed E-state index contributed by atoms with van der Waals surface area (Å²) in [6.07, 6.45) is 3.24. The van der Waals surface area contributed by atoms with Crippen LogP contribution in [-0.4, -0.2) is 52.0 Å². The third-order valence-corrected chi connectivity index (χ3v) is 8.64. The summed E-state index contributed by atoms with van der Waals surface area (Å²) in [6.45, 7) is 7.71. The molecule has 2 fully saturated rings. The van der Waals surface area contributed by atoms with E-state index in [0.29, 0.717) is 13.1 Å². The zero-order chi connectivity index (χ0) is 24.3. The molecule has 0 radical (unpaired) electrons. The van der Waals surface area contributed by atoms with Gasteiger partial charge in [-0.2, -0.15) is 10.2 Å². The molecule has 182 valence electrons. The number of urea groups is 1. The van der Waals surface area contributed by atoms with E-state index in [9.17, 15) is 18.7 Å². The molecule has 0 unspecified atom stereocenters. The van der Waals surface area contributed by atoms with Gasteiger partial charge in [0.15, 0.2) is 0 Å². The van der Waals surface area contributed by atoms with Gasteiger partial charge in [0.2, 0.25) is 0 Å². The van der Waals surface area contributed by atoms with Crippen molar-refractivity contribution in [3.05, 3.63) is 47.2 Å². The molecular formula is C26H32F2N4O2. The zero-order valence-electron chi connectivity index (χ0n) is 19.9. The van der Waals surface area contributed by atoms with Crippen molar-refractivity contribution >= 4 is 6.03 Å². The second-order valence-electron chi connectivity index (χ2n) is 10.7. The van der Waals surface area contributed by atoms with Crippen LogP contribution >= 0.6 is 0 Å². The van der Waals surface area contributed by atoms with E-state index in [-0.39, 0.29) is 46.5 Å². The fraction of sp³-hybridized carbons (Fsp3) is 0.577. The average Bonchev–Trinajstić information content (AvgIpc) is 3.18. The normalized spacial score (nSPS) is 28.0. The highest BCUT2D eigenvalue weighted by atomic mass is 19.1. The molecule has 2 N–H and O–H groups in total. The number of likely N-dealkylation sites (tertiary alicyclic amines) is 1. The number of nitrogens with one attached hydrogen (secondary N) is 1. The largest absolute Gasteiger partial charge is 0.392 e. The highest BCUT2D eigenvalue weighted by molar-refractivity contribution is 5.74. The predicted octanol–water partition coefficient (Wildman–Crippen LogP) is 4.38. The number of aromatic nitrogens is 2. The summed E-state index contributed by atoms with van der Waals surface area (Å²) in [7, 11) is 0. The summed E-state index contributed by atoms with van der Waals surface area (Å²) < 4.78 is 28.9. The monoisotopic (exact) mass is 470 g/mol. The number of aliphatic hydroxyl groups excluding tert-OH is 1. The third kappa shape index (κ3) is 3.33. The van der Waals surface area contributed by atoms with Gasteiger partial charge in [0.05, 0.1) is 23.1 Å². The molecule has 1 aromatic carbocycles. The molecule has 2 bridgehead atoms. The number of hydrogen-bond donors (Lipinski definition) is 2. The smallest absolute Gasteiger partial charge is 0.317 e. The topological polar surface area (TPSA) is 78.4 Å². The van der Waals surface area contributed by atoms with Crippen LogP contribution in [0.25, 0.3) is 11.3 Å². The summed E-state index contributed by atoms with van der Waals surface area (Å²) in [6, 6.07) is 5.52. The Morgan fingerprint density at radius 1 is 1.26 bits per heavy atom. The molecular weight excluding hydrogens is 438 g/mol. The third-order valence-electron chi connectivity index (χ3n) is 8.64. The van der Waals surface area contributed by atoms with Gasteiger partial charge in [-0.15, -0.1) is 0 Å². The first-order valence-electron chi connectivity index (χ1n) is 12.2. The number of rotatable bonds is 4. The minimum Gasteiger partial charge on any atom is -0.392 e. The molecule has 5 rings (SSSR count). The molecule has 1 aliphatic heterocycles. The lowest BCUT2D eigenvalue weighted by Gasteiger charge is -2.48. The minimum absolute atomic E-state index is 0.111. The number of carbonyl (C=O) groups excluding carboxylic acids is 1. The first kappa shape index (κ1) is 23.1. The van der Waals surface area contributed by atoms with Crippen LogP contribution in [0.1, 0.15) is 63.6 Å². The fourth-order valence-corrected chi connectivity index (χ4v) is 7.05. The number of amides is 2.